The Morgan fingerprint density at radius 1 is 1.19 bits per heavy atom. The summed E-state index contributed by atoms with van der Waals surface area (Å²) in [5.41, 5.74) is 0.271. The SMILES string of the molecule is CC1(C)C[C@H]2N(c3cccc(N=S(C)(C)=O)n3)c3nc(Nc4cncc(C(F)F)c4)ncc3[C@@]2(C)CO1. The zero-order valence-corrected chi connectivity index (χ0v) is 22.1. The summed E-state index contributed by atoms with van der Waals surface area (Å²) in [5, 5.41) is 3.00. The highest BCUT2D eigenvalue weighted by molar-refractivity contribution is 7.92. The summed E-state index contributed by atoms with van der Waals surface area (Å²) >= 11 is 0. The molecule has 3 aromatic heterocycles. The Balaban J connectivity index is 1.61. The first-order chi connectivity index (χ1) is 17.3. The largest absolute Gasteiger partial charge is 0.374 e. The van der Waals surface area contributed by atoms with Gasteiger partial charge in [0.1, 0.15) is 11.6 Å². The lowest BCUT2D eigenvalue weighted by Gasteiger charge is -2.46. The fourth-order valence-electron chi connectivity index (χ4n) is 4.86. The summed E-state index contributed by atoms with van der Waals surface area (Å²) in [6, 6.07) is 6.69. The number of ether oxygens (including phenoxy) is 1. The quantitative estimate of drug-likeness (QED) is 0.476. The Kier molecular flexibility index (Phi) is 6.14. The molecular formula is C25H29F2N7O2S. The first-order valence-corrected chi connectivity index (χ1v) is 14.1. The Morgan fingerprint density at radius 2 is 1.97 bits per heavy atom. The Bertz CT molecular complexity index is 1470. The van der Waals surface area contributed by atoms with Gasteiger partial charge in [0.2, 0.25) is 5.95 Å². The summed E-state index contributed by atoms with van der Waals surface area (Å²) in [5.74, 6) is 1.87. The molecule has 2 aliphatic rings. The predicted octanol–water partition coefficient (Wildman–Crippen LogP) is 5.28. The summed E-state index contributed by atoms with van der Waals surface area (Å²) in [6.07, 6.45) is 5.51. The lowest BCUT2D eigenvalue weighted by Crippen LogP contribution is -2.54. The van der Waals surface area contributed by atoms with Crippen molar-refractivity contribution in [3.05, 3.63) is 54.0 Å². The van der Waals surface area contributed by atoms with Crippen molar-refractivity contribution in [3.63, 3.8) is 0 Å². The van der Waals surface area contributed by atoms with Crippen molar-refractivity contribution in [2.75, 3.05) is 29.3 Å². The molecule has 9 nitrogen and oxygen atoms in total. The van der Waals surface area contributed by atoms with Crippen LogP contribution < -0.4 is 10.2 Å². The average Bonchev–Trinajstić information content (AvgIpc) is 3.05. The third kappa shape index (κ3) is 4.99. The number of hydrogen-bond donors (Lipinski definition) is 1. The smallest absolute Gasteiger partial charge is 0.265 e. The lowest BCUT2D eigenvalue weighted by atomic mass is 9.73. The van der Waals surface area contributed by atoms with Gasteiger partial charge in [-0.25, -0.2) is 23.0 Å². The molecule has 2 atom stereocenters. The van der Waals surface area contributed by atoms with Gasteiger partial charge in [-0.3, -0.25) is 4.98 Å². The van der Waals surface area contributed by atoms with Crippen molar-refractivity contribution in [2.45, 2.75) is 50.7 Å². The number of hydrogen-bond acceptors (Lipinski definition) is 9. The van der Waals surface area contributed by atoms with Crippen LogP contribution in [0.25, 0.3) is 0 Å². The van der Waals surface area contributed by atoms with E-state index < -0.39 is 21.6 Å². The van der Waals surface area contributed by atoms with Crippen LogP contribution in [-0.2, 0) is 19.9 Å². The van der Waals surface area contributed by atoms with Crippen LogP contribution in [0.5, 0.6) is 0 Å². The number of rotatable bonds is 5. The molecule has 5 heterocycles. The van der Waals surface area contributed by atoms with Crippen LogP contribution in [0.3, 0.4) is 0 Å². The monoisotopic (exact) mass is 529 g/mol. The minimum Gasteiger partial charge on any atom is -0.374 e. The van der Waals surface area contributed by atoms with Crippen LogP contribution in [0, 0.1) is 0 Å². The molecule has 12 heteroatoms. The van der Waals surface area contributed by atoms with Gasteiger partial charge in [0.25, 0.3) is 6.43 Å². The van der Waals surface area contributed by atoms with Gasteiger partial charge >= 0.3 is 0 Å². The highest BCUT2D eigenvalue weighted by Gasteiger charge is 2.55. The van der Waals surface area contributed by atoms with Crippen molar-refractivity contribution in [2.24, 2.45) is 4.36 Å². The number of pyridine rings is 2. The van der Waals surface area contributed by atoms with E-state index in [2.05, 4.69) is 45.3 Å². The maximum Gasteiger partial charge on any atom is 0.265 e. The second-order valence-electron chi connectivity index (χ2n) is 10.5. The highest BCUT2D eigenvalue weighted by atomic mass is 32.2. The molecule has 0 radical (unpaired) electrons. The molecule has 1 N–H and O–H groups in total. The molecule has 0 aliphatic carbocycles. The second kappa shape index (κ2) is 8.95. The van der Waals surface area contributed by atoms with E-state index >= 15 is 0 Å². The molecule has 0 spiro atoms. The van der Waals surface area contributed by atoms with Gasteiger partial charge in [0, 0.05) is 51.2 Å². The Morgan fingerprint density at radius 3 is 2.70 bits per heavy atom. The van der Waals surface area contributed by atoms with E-state index in [1.807, 2.05) is 12.1 Å². The summed E-state index contributed by atoms with van der Waals surface area (Å²) in [7, 11) is -2.40. The van der Waals surface area contributed by atoms with Crippen LogP contribution in [0.1, 0.15) is 44.7 Å². The van der Waals surface area contributed by atoms with Crippen molar-refractivity contribution < 1.29 is 17.7 Å². The summed E-state index contributed by atoms with van der Waals surface area (Å²) in [6.45, 7) is 6.69. The van der Waals surface area contributed by atoms with Gasteiger partial charge in [-0.15, -0.1) is 0 Å². The van der Waals surface area contributed by atoms with E-state index in [0.717, 1.165) is 11.8 Å². The molecule has 1 saturated heterocycles. The number of halogens is 2. The minimum atomic E-state index is -2.64. The minimum absolute atomic E-state index is 0.0463. The van der Waals surface area contributed by atoms with Gasteiger partial charge < -0.3 is 15.0 Å². The number of aromatic nitrogens is 4. The van der Waals surface area contributed by atoms with Gasteiger partial charge in [-0.2, -0.15) is 9.35 Å². The van der Waals surface area contributed by atoms with Crippen molar-refractivity contribution in [3.8, 4) is 0 Å². The van der Waals surface area contributed by atoms with E-state index in [1.54, 1.807) is 24.8 Å². The van der Waals surface area contributed by atoms with Gasteiger partial charge in [0.05, 0.1) is 30.1 Å². The fraction of sp³-hybridized carbons (Fsp3) is 0.440. The molecule has 196 valence electrons. The van der Waals surface area contributed by atoms with Crippen molar-refractivity contribution >= 4 is 38.8 Å². The summed E-state index contributed by atoms with van der Waals surface area (Å²) < 4.78 is 49.1. The number of alkyl halides is 2. The molecule has 2 aliphatic heterocycles. The third-order valence-corrected chi connectivity index (χ3v) is 7.28. The van der Waals surface area contributed by atoms with Crippen LogP contribution in [0.15, 0.2) is 47.2 Å². The van der Waals surface area contributed by atoms with Crippen LogP contribution >= 0.6 is 0 Å². The first kappa shape index (κ1) is 25.4. The molecule has 0 aromatic carbocycles. The van der Waals surface area contributed by atoms with E-state index in [4.69, 9.17) is 14.7 Å². The van der Waals surface area contributed by atoms with E-state index in [9.17, 15) is 13.0 Å². The highest BCUT2D eigenvalue weighted by Crippen LogP contribution is 2.53. The van der Waals surface area contributed by atoms with E-state index in [-0.39, 0.29) is 23.2 Å². The normalized spacial score (nSPS) is 22.5. The van der Waals surface area contributed by atoms with Crippen LogP contribution in [-0.4, -0.2) is 54.9 Å². The zero-order chi connectivity index (χ0) is 26.6. The van der Waals surface area contributed by atoms with Gasteiger partial charge in [0.15, 0.2) is 5.82 Å². The third-order valence-electron chi connectivity index (χ3n) is 6.65. The Labute approximate surface area is 214 Å². The molecule has 37 heavy (non-hydrogen) atoms. The number of anilines is 4. The molecule has 0 saturated carbocycles. The topological polar surface area (TPSA) is 105 Å². The van der Waals surface area contributed by atoms with Gasteiger partial charge in [-0.1, -0.05) is 13.0 Å². The standard InChI is InChI=1S/C25H29F2N7O2S/c1-24(2)10-18-25(3,14-36-24)17-13-29-23(30-16-9-15(21(26)27)11-28-12-16)32-22(17)34(18)20-8-6-7-19(31-20)33-37(4,5)35/h6-9,11-13,18,21H,10,14H2,1-5H3,(H,29,30,32)/t18-,25-/m1/s1. The second-order valence-corrected chi connectivity index (χ2v) is 13.1. The predicted molar refractivity (Wildman–Crippen MR) is 139 cm³/mol. The van der Waals surface area contributed by atoms with Crippen molar-refractivity contribution in [1.29, 1.82) is 0 Å². The van der Waals surface area contributed by atoms with Crippen molar-refractivity contribution in [1.82, 2.24) is 19.9 Å². The molecule has 3 aromatic rings. The average molecular weight is 530 g/mol. The fourth-order valence-corrected chi connectivity index (χ4v) is 5.41. The molecule has 5 rings (SSSR count). The molecule has 0 unspecified atom stereocenters. The van der Waals surface area contributed by atoms with Crippen LogP contribution in [0.2, 0.25) is 0 Å². The molecular weight excluding hydrogens is 500 g/mol. The number of fused-ring (bicyclic) bond motifs is 3. The van der Waals surface area contributed by atoms with Gasteiger partial charge in [-0.05, 0) is 38.5 Å². The van der Waals surface area contributed by atoms with E-state index in [1.165, 1.54) is 12.3 Å². The zero-order valence-electron chi connectivity index (χ0n) is 21.3. The molecule has 0 bridgehead atoms. The maximum atomic E-state index is 13.2. The molecule has 1 fully saturated rings. The Hall–Kier alpha value is -3.25. The number of nitrogens with one attached hydrogen (secondary N) is 1. The number of nitrogens with zero attached hydrogens (tertiary/aromatic N) is 6. The molecule has 0 amide bonds. The lowest BCUT2D eigenvalue weighted by molar-refractivity contribution is -0.0893. The maximum absolute atomic E-state index is 13.2. The van der Waals surface area contributed by atoms with E-state index in [0.29, 0.717) is 36.2 Å². The first-order valence-electron chi connectivity index (χ1n) is 11.8. The summed E-state index contributed by atoms with van der Waals surface area (Å²) in [4.78, 5) is 20.0. The van der Waals surface area contributed by atoms with Crippen LogP contribution in [0.4, 0.5) is 37.9 Å².